The number of ketones is 1. The number of rotatable bonds is 5. The van der Waals surface area contributed by atoms with Crippen molar-refractivity contribution in [1.29, 1.82) is 0 Å². The molecule has 0 N–H and O–H groups in total. The van der Waals surface area contributed by atoms with Crippen molar-refractivity contribution < 1.29 is 9.59 Å². The van der Waals surface area contributed by atoms with Crippen LogP contribution in [0.2, 0.25) is 5.02 Å². The Bertz CT molecular complexity index is 549. The maximum Gasteiger partial charge on any atom is 0.219 e. The van der Waals surface area contributed by atoms with Crippen molar-refractivity contribution in [3.8, 4) is 0 Å². The van der Waals surface area contributed by atoms with E-state index in [0.717, 1.165) is 31.7 Å². The minimum atomic E-state index is -0.142. The fourth-order valence-electron chi connectivity index (χ4n) is 2.96. The summed E-state index contributed by atoms with van der Waals surface area (Å²) in [7, 11) is 0. The Morgan fingerprint density at radius 2 is 1.65 bits per heavy atom. The molecule has 0 unspecified atom stereocenters. The molecule has 0 aromatic heterocycles. The lowest BCUT2D eigenvalue weighted by molar-refractivity contribution is -0.131. The van der Waals surface area contributed by atoms with Crippen molar-refractivity contribution in [3.05, 3.63) is 34.9 Å². The summed E-state index contributed by atoms with van der Waals surface area (Å²) in [4.78, 5) is 28.2. The van der Waals surface area contributed by atoms with Crippen LogP contribution in [0.15, 0.2) is 24.3 Å². The quantitative estimate of drug-likeness (QED) is 0.830. The molecule has 0 saturated carbocycles. The SMILES string of the molecule is CC(=O)N1CCN(C[C@H](C(=O)C(C)C)c2ccc(Cl)cc2)CC1. The highest BCUT2D eigenvalue weighted by Gasteiger charge is 2.27. The first-order valence-electron chi connectivity index (χ1n) is 8.15. The molecule has 1 aliphatic rings. The van der Waals surface area contributed by atoms with Gasteiger partial charge < -0.3 is 4.90 Å². The van der Waals surface area contributed by atoms with Gasteiger partial charge in [-0.05, 0) is 17.7 Å². The highest BCUT2D eigenvalue weighted by atomic mass is 35.5. The van der Waals surface area contributed by atoms with Gasteiger partial charge in [-0.1, -0.05) is 37.6 Å². The molecule has 0 bridgehead atoms. The number of carbonyl (C=O) groups is 2. The maximum atomic E-state index is 12.7. The average molecular weight is 337 g/mol. The van der Waals surface area contributed by atoms with Crippen LogP contribution in [0, 0.1) is 5.92 Å². The van der Waals surface area contributed by atoms with Crippen LogP contribution in [-0.2, 0) is 9.59 Å². The number of halogens is 1. The lowest BCUT2D eigenvalue weighted by Crippen LogP contribution is -2.49. The smallest absolute Gasteiger partial charge is 0.219 e. The number of amides is 1. The van der Waals surface area contributed by atoms with Crippen LogP contribution in [-0.4, -0.2) is 54.2 Å². The van der Waals surface area contributed by atoms with E-state index in [-0.39, 0.29) is 23.5 Å². The van der Waals surface area contributed by atoms with Gasteiger partial charge in [-0.25, -0.2) is 0 Å². The minimum Gasteiger partial charge on any atom is -0.340 e. The van der Waals surface area contributed by atoms with Crippen molar-refractivity contribution in [2.75, 3.05) is 32.7 Å². The van der Waals surface area contributed by atoms with E-state index >= 15 is 0 Å². The summed E-state index contributed by atoms with van der Waals surface area (Å²) >= 11 is 5.96. The maximum absolute atomic E-state index is 12.7. The first-order valence-corrected chi connectivity index (χ1v) is 8.53. The second-order valence-electron chi connectivity index (χ2n) is 6.47. The molecular weight excluding hydrogens is 312 g/mol. The van der Waals surface area contributed by atoms with Crippen molar-refractivity contribution in [2.24, 2.45) is 5.92 Å². The molecule has 4 nitrogen and oxygen atoms in total. The fourth-order valence-corrected chi connectivity index (χ4v) is 3.09. The molecule has 1 atom stereocenters. The molecule has 0 spiro atoms. The standard InChI is InChI=1S/C18H25ClN2O2/c1-13(2)18(23)17(15-4-6-16(19)7-5-15)12-20-8-10-21(11-9-20)14(3)22/h4-7,13,17H,8-12H2,1-3H3/t17-/m0/s1. The lowest BCUT2D eigenvalue weighted by atomic mass is 9.88. The fraction of sp³-hybridized carbons (Fsp3) is 0.556. The van der Waals surface area contributed by atoms with Crippen molar-refractivity contribution >= 4 is 23.3 Å². The van der Waals surface area contributed by atoms with E-state index in [1.54, 1.807) is 6.92 Å². The van der Waals surface area contributed by atoms with Crippen molar-refractivity contribution in [2.45, 2.75) is 26.7 Å². The zero-order valence-corrected chi connectivity index (χ0v) is 14.8. The lowest BCUT2D eigenvalue weighted by Gasteiger charge is -2.36. The Kier molecular flexibility index (Phi) is 6.19. The summed E-state index contributed by atoms with van der Waals surface area (Å²) in [6.07, 6.45) is 0. The van der Waals surface area contributed by atoms with Gasteiger partial charge in [0.25, 0.3) is 0 Å². The van der Waals surface area contributed by atoms with E-state index in [2.05, 4.69) is 4.90 Å². The second-order valence-corrected chi connectivity index (χ2v) is 6.90. The highest BCUT2D eigenvalue weighted by molar-refractivity contribution is 6.30. The molecule has 2 rings (SSSR count). The number of hydrogen-bond donors (Lipinski definition) is 0. The second kappa shape index (κ2) is 7.93. The molecular formula is C18H25ClN2O2. The third-order valence-corrected chi connectivity index (χ3v) is 4.70. The molecule has 1 heterocycles. The Labute approximate surface area is 143 Å². The molecule has 0 radical (unpaired) electrons. The molecule has 1 saturated heterocycles. The molecule has 5 heteroatoms. The number of nitrogens with zero attached hydrogens (tertiary/aromatic N) is 2. The van der Waals surface area contributed by atoms with Gasteiger partial charge >= 0.3 is 0 Å². The zero-order valence-electron chi connectivity index (χ0n) is 14.1. The molecule has 1 aromatic carbocycles. The number of benzene rings is 1. The van der Waals surface area contributed by atoms with Gasteiger partial charge in [0.1, 0.15) is 5.78 Å². The van der Waals surface area contributed by atoms with Crippen LogP contribution in [0.3, 0.4) is 0 Å². The number of Topliss-reactive ketones (excluding diaryl/α,β-unsaturated/α-hetero) is 1. The molecule has 126 valence electrons. The zero-order chi connectivity index (χ0) is 17.0. The van der Waals surface area contributed by atoms with Crippen LogP contribution >= 0.6 is 11.6 Å². The van der Waals surface area contributed by atoms with Gasteiger partial charge in [0.15, 0.2) is 0 Å². The first kappa shape index (κ1) is 18.0. The van der Waals surface area contributed by atoms with Gasteiger partial charge in [-0.3, -0.25) is 14.5 Å². The number of carbonyl (C=O) groups excluding carboxylic acids is 2. The van der Waals surface area contributed by atoms with Crippen LogP contribution in [0.25, 0.3) is 0 Å². The van der Waals surface area contributed by atoms with Crippen molar-refractivity contribution in [3.63, 3.8) is 0 Å². The Morgan fingerprint density at radius 3 is 2.13 bits per heavy atom. The van der Waals surface area contributed by atoms with E-state index in [1.807, 2.05) is 43.0 Å². The van der Waals surface area contributed by atoms with E-state index in [1.165, 1.54) is 0 Å². The topological polar surface area (TPSA) is 40.6 Å². The molecule has 1 aliphatic heterocycles. The first-order chi connectivity index (χ1) is 10.9. The third-order valence-electron chi connectivity index (χ3n) is 4.44. The van der Waals surface area contributed by atoms with Gasteiger partial charge in [0.2, 0.25) is 5.91 Å². The predicted octanol–water partition coefficient (Wildman–Crippen LogP) is 2.81. The molecule has 1 amide bonds. The largest absolute Gasteiger partial charge is 0.340 e. The Hall–Kier alpha value is -1.39. The van der Waals surface area contributed by atoms with Crippen molar-refractivity contribution in [1.82, 2.24) is 9.80 Å². The summed E-state index contributed by atoms with van der Waals surface area (Å²) in [6.45, 7) is 9.29. The van der Waals surface area contributed by atoms with Crippen LogP contribution < -0.4 is 0 Å². The molecule has 1 fully saturated rings. The summed E-state index contributed by atoms with van der Waals surface area (Å²) in [5, 5.41) is 0.680. The number of hydrogen-bond acceptors (Lipinski definition) is 3. The third kappa shape index (κ3) is 4.79. The summed E-state index contributed by atoms with van der Waals surface area (Å²) in [6, 6.07) is 7.56. The summed E-state index contributed by atoms with van der Waals surface area (Å²) in [5.41, 5.74) is 1.02. The van der Waals surface area contributed by atoms with E-state index in [9.17, 15) is 9.59 Å². The highest BCUT2D eigenvalue weighted by Crippen LogP contribution is 2.24. The number of piperazine rings is 1. The average Bonchev–Trinajstić information content (AvgIpc) is 2.53. The minimum absolute atomic E-state index is 0.00538. The summed E-state index contributed by atoms with van der Waals surface area (Å²) < 4.78 is 0. The van der Waals surface area contributed by atoms with Gasteiger partial charge in [-0.2, -0.15) is 0 Å². The molecule has 1 aromatic rings. The van der Waals surface area contributed by atoms with E-state index in [0.29, 0.717) is 11.6 Å². The van der Waals surface area contributed by atoms with E-state index in [4.69, 9.17) is 11.6 Å². The van der Waals surface area contributed by atoms with Crippen LogP contribution in [0.1, 0.15) is 32.3 Å². The van der Waals surface area contributed by atoms with Gasteiger partial charge in [-0.15, -0.1) is 0 Å². The van der Waals surface area contributed by atoms with Gasteiger partial charge in [0.05, 0.1) is 5.92 Å². The Morgan fingerprint density at radius 1 is 1.09 bits per heavy atom. The Balaban J connectivity index is 2.08. The predicted molar refractivity (Wildman–Crippen MR) is 92.7 cm³/mol. The monoisotopic (exact) mass is 336 g/mol. The van der Waals surface area contributed by atoms with E-state index < -0.39 is 0 Å². The summed E-state index contributed by atoms with van der Waals surface area (Å²) in [5.74, 6) is 0.226. The normalized spacial score (nSPS) is 17.3. The van der Waals surface area contributed by atoms with Crippen LogP contribution in [0.5, 0.6) is 0 Å². The molecule has 0 aliphatic carbocycles. The molecule has 23 heavy (non-hydrogen) atoms. The van der Waals surface area contributed by atoms with Crippen LogP contribution in [0.4, 0.5) is 0 Å². The van der Waals surface area contributed by atoms with Gasteiger partial charge in [0, 0.05) is 50.6 Å².